The molecule has 0 unspecified atom stereocenters. The van der Waals surface area contributed by atoms with Crippen molar-refractivity contribution >= 4 is 87.2 Å². The zero-order valence-corrected chi connectivity index (χ0v) is 41.1. The Kier molecular flexibility index (Phi) is 8.97. The molecule has 0 N–H and O–H groups in total. The van der Waals surface area contributed by atoms with E-state index in [4.69, 9.17) is 0 Å². The molecule has 72 heavy (non-hydrogen) atoms. The van der Waals surface area contributed by atoms with Gasteiger partial charge < -0.3 is 18.3 Å². The van der Waals surface area contributed by atoms with E-state index in [2.05, 4.69) is 254 Å². The molecular weight excluding hydrogens is 875 g/mol. The SMILES string of the molecule is Cc1cc(C)cc(-c2c(-n3c4ccc(C)cc4c4cc(C)ccc43)c(-n3c4ccccc4c4ccccc43)c(C#N)c(-n3c4ccccc4c4ccccc43)c2-n2c3ccc(C)cc3c3cc(C)ccc32)c1. The molecule has 0 spiro atoms. The molecule has 5 heteroatoms. The number of hydrogen-bond donors (Lipinski definition) is 0. The van der Waals surface area contributed by atoms with Crippen molar-refractivity contribution in [3.63, 3.8) is 0 Å². The Morgan fingerprint density at radius 2 is 0.556 bits per heavy atom. The van der Waals surface area contributed by atoms with E-state index < -0.39 is 0 Å². The van der Waals surface area contributed by atoms with Gasteiger partial charge in [0.2, 0.25) is 0 Å². The molecule has 0 atom stereocenters. The van der Waals surface area contributed by atoms with E-state index in [-0.39, 0.29) is 0 Å². The first-order valence-electron chi connectivity index (χ1n) is 24.9. The van der Waals surface area contributed by atoms with Crippen LogP contribution in [0.3, 0.4) is 0 Å². The Morgan fingerprint density at radius 3 is 0.861 bits per heavy atom. The van der Waals surface area contributed by atoms with Gasteiger partial charge in [0, 0.05) is 48.7 Å². The third-order valence-electron chi connectivity index (χ3n) is 15.2. The molecule has 0 fully saturated rings. The molecule has 0 aliphatic rings. The Labute approximate surface area is 417 Å². The van der Waals surface area contributed by atoms with Crippen LogP contribution in [-0.4, -0.2) is 18.3 Å². The minimum absolute atomic E-state index is 0.564. The van der Waals surface area contributed by atoms with Crippen molar-refractivity contribution in [1.29, 1.82) is 5.26 Å². The largest absolute Gasteiger partial charge is 0.306 e. The summed E-state index contributed by atoms with van der Waals surface area (Å²) in [6, 6.07) is 72.3. The van der Waals surface area contributed by atoms with E-state index in [0.717, 1.165) is 111 Å². The van der Waals surface area contributed by atoms with Crippen molar-refractivity contribution in [3.05, 3.63) is 227 Å². The summed E-state index contributed by atoms with van der Waals surface area (Å²) < 4.78 is 9.81. The lowest BCUT2D eigenvalue weighted by atomic mass is 9.91. The van der Waals surface area contributed by atoms with Crippen LogP contribution in [0.5, 0.6) is 0 Å². The first-order valence-corrected chi connectivity index (χ1v) is 24.9. The lowest BCUT2D eigenvalue weighted by molar-refractivity contribution is 1.04. The lowest BCUT2D eigenvalue weighted by Crippen LogP contribution is -2.16. The maximum Gasteiger partial charge on any atom is 0.104 e. The molecule has 0 radical (unpaired) electrons. The van der Waals surface area contributed by atoms with Gasteiger partial charge in [-0.05, 0) is 120 Å². The molecular formula is C67H49N5. The highest BCUT2D eigenvalue weighted by atomic mass is 15.1. The molecule has 0 aliphatic carbocycles. The average molecular weight is 924 g/mol. The van der Waals surface area contributed by atoms with Crippen LogP contribution in [0.1, 0.15) is 38.9 Å². The van der Waals surface area contributed by atoms with Crippen molar-refractivity contribution in [3.8, 4) is 39.9 Å². The lowest BCUT2D eigenvalue weighted by Gasteiger charge is -2.29. The normalized spacial score (nSPS) is 12.0. The van der Waals surface area contributed by atoms with Crippen LogP contribution < -0.4 is 0 Å². The fourth-order valence-corrected chi connectivity index (χ4v) is 12.4. The molecule has 14 aromatic rings. The number of rotatable bonds is 5. The van der Waals surface area contributed by atoms with Crippen LogP contribution in [0.15, 0.2) is 188 Å². The van der Waals surface area contributed by atoms with Gasteiger partial charge >= 0.3 is 0 Å². The molecule has 0 saturated carbocycles. The van der Waals surface area contributed by atoms with Crippen molar-refractivity contribution in [1.82, 2.24) is 18.3 Å². The second kappa shape index (κ2) is 15.4. The first kappa shape index (κ1) is 41.8. The van der Waals surface area contributed by atoms with Crippen molar-refractivity contribution in [2.75, 3.05) is 0 Å². The van der Waals surface area contributed by atoms with Gasteiger partial charge in [-0.15, -0.1) is 0 Å². The monoisotopic (exact) mass is 923 g/mol. The van der Waals surface area contributed by atoms with Gasteiger partial charge in [0.15, 0.2) is 0 Å². The summed E-state index contributed by atoms with van der Waals surface area (Å²) in [5, 5.41) is 22.0. The number of aryl methyl sites for hydroxylation is 6. The topological polar surface area (TPSA) is 43.5 Å². The zero-order chi connectivity index (χ0) is 48.7. The Balaban J connectivity index is 1.38. The summed E-state index contributed by atoms with van der Waals surface area (Å²) in [5.41, 5.74) is 21.6. The maximum absolute atomic E-state index is 12.8. The first-order chi connectivity index (χ1) is 35.2. The summed E-state index contributed by atoms with van der Waals surface area (Å²) in [6.07, 6.45) is 0. The summed E-state index contributed by atoms with van der Waals surface area (Å²) in [4.78, 5) is 0. The number of nitriles is 1. The Morgan fingerprint density at radius 1 is 0.278 bits per heavy atom. The van der Waals surface area contributed by atoms with Crippen LogP contribution >= 0.6 is 0 Å². The molecule has 10 aromatic carbocycles. The standard InChI is InChI=1S/C67H49N5/c1-39-23-27-59-50(34-39)51-35-40(2)24-28-60(51)71(59)66-63(45-32-43(5)31-44(6)33-45)67(72-61-29-25-41(3)36-52(61)53-37-42(4)26-30-62(53)72)65(70-57-21-13-9-17-48(57)49-18-10-14-22-58(49)70)54(38-68)64(66)69-55-19-11-7-15-46(55)47-16-8-12-20-56(47)69/h7-37H,1-6H3. The van der Waals surface area contributed by atoms with E-state index in [0.29, 0.717) is 5.56 Å². The van der Waals surface area contributed by atoms with Gasteiger partial charge in [-0.2, -0.15) is 5.26 Å². The quantitative estimate of drug-likeness (QED) is 0.170. The maximum atomic E-state index is 12.8. The van der Waals surface area contributed by atoms with Gasteiger partial charge in [0.05, 0.1) is 66.9 Å². The molecule has 4 aromatic heterocycles. The number of fused-ring (bicyclic) bond motifs is 12. The molecule has 342 valence electrons. The molecule has 0 saturated heterocycles. The number of aromatic nitrogens is 4. The minimum atomic E-state index is 0.564. The zero-order valence-electron chi connectivity index (χ0n) is 41.1. The van der Waals surface area contributed by atoms with E-state index in [1.54, 1.807) is 0 Å². The molecule has 4 heterocycles. The van der Waals surface area contributed by atoms with Gasteiger partial charge in [0.1, 0.15) is 11.6 Å². The van der Waals surface area contributed by atoms with Gasteiger partial charge in [-0.25, -0.2) is 0 Å². The van der Waals surface area contributed by atoms with Crippen molar-refractivity contribution < 1.29 is 0 Å². The van der Waals surface area contributed by atoms with Crippen molar-refractivity contribution in [2.24, 2.45) is 0 Å². The van der Waals surface area contributed by atoms with Crippen LogP contribution in [0.4, 0.5) is 0 Å². The second-order valence-corrected chi connectivity index (χ2v) is 20.1. The summed E-state index contributed by atoms with van der Waals surface area (Å²) in [5.74, 6) is 0. The third-order valence-corrected chi connectivity index (χ3v) is 15.2. The third kappa shape index (κ3) is 5.87. The van der Waals surface area contributed by atoms with E-state index in [1.165, 1.54) is 43.8 Å². The summed E-state index contributed by atoms with van der Waals surface area (Å²) in [7, 11) is 0. The Bertz CT molecular complexity index is 4200. The van der Waals surface area contributed by atoms with Crippen molar-refractivity contribution in [2.45, 2.75) is 41.5 Å². The van der Waals surface area contributed by atoms with E-state index >= 15 is 0 Å². The number of para-hydroxylation sites is 4. The molecule has 0 bridgehead atoms. The van der Waals surface area contributed by atoms with Gasteiger partial charge in [-0.3, -0.25) is 0 Å². The molecule has 5 nitrogen and oxygen atoms in total. The average Bonchev–Trinajstić information content (AvgIpc) is 4.09. The Hall–Kier alpha value is -9.11. The van der Waals surface area contributed by atoms with Crippen LogP contribution in [0.2, 0.25) is 0 Å². The van der Waals surface area contributed by atoms with Crippen LogP contribution in [-0.2, 0) is 0 Å². The molecule has 14 rings (SSSR count). The van der Waals surface area contributed by atoms with Crippen LogP contribution in [0, 0.1) is 52.9 Å². The van der Waals surface area contributed by atoms with E-state index in [1.807, 2.05) is 0 Å². The summed E-state index contributed by atoms with van der Waals surface area (Å²) in [6.45, 7) is 13.1. The number of benzene rings is 10. The highest BCUT2D eigenvalue weighted by molar-refractivity contribution is 6.17. The van der Waals surface area contributed by atoms with Gasteiger partial charge in [0.25, 0.3) is 0 Å². The van der Waals surface area contributed by atoms with Crippen LogP contribution in [0.25, 0.3) is 121 Å². The van der Waals surface area contributed by atoms with Gasteiger partial charge in [-0.1, -0.05) is 149 Å². The smallest absolute Gasteiger partial charge is 0.104 e. The molecule has 0 aliphatic heterocycles. The summed E-state index contributed by atoms with van der Waals surface area (Å²) >= 11 is 0. The second-order valence-electron chi connectivity index (χ2n) is 20.1. The predicted octanol–water partition coefficient (Wildman–Crippen LogP) is 17.5. The molecule has 0 amide bonds. The predicted molar refractivity (Wildman–Crippen MR) is 302 cm³/mol. The fraction of sp³-hybridized carbons (Fsp3) is 0.0896. The van der Waals surface area contributed by atoms with E-state index in [9.17, 15) is 5.26 Å². The minimum Gasteiger partial charge on any atom is -0.306 e. The number of nitrogens with zero attached hydrogens (tertiary/aromatic N) is 5. The highest BCUT2D eigenvalue weighted by Gasteiger charge is 2.35. The fourth-order valence-electron chi connectivity index (χ4n) is 12.4. The highest BCUT2D eigenvalue weighted by Crippen LogP contribution is 2.52. The number of hydrogen-bond acceptors (Lipinski definition) is 1.